The first-order chi connectivity index (χ1) is 14.9. The first kappa shape index (κ1) is 20.3. The van der Waals surface area contributed by atoms with Crippen LogP contribution in [-0.2, 0) is 17.6 Å². The third kappa shape index (κ3) is 3.89. The fraction of sp³-hybridized carbons (Fsp3) is 0.440. The molecule has 5 nitrogen and oxygen atoms in total. The Morgan fingerprint density at radius 1 is 1.23 bits per heavy atom. The van der Waals surface area contributed by atoms with Gasteiger partial charge in [-0.15, -0.1) is 11.3 Å². The van der Waals surface area contributed by atoms with Crippen molar-refractivity contribution < 1.29 is 9.59 Å². The molecule has 0 N–H and O–H groups in total. The Kier molecular flexibility index (Phi) is 5.13. The maximum Gasteiger partial charge on any atom is 0.266 e. The molecule has 1 fully saturated rings. The number of hydrogen-bond acceptors (Lipinski definition) is 5. The molecule has 0 spiro atoms. The normalized spacial score (nSPS) is 20.0. The third-order valence-electron chi connectivity index (χ3n) is 6.43. The number of aryl methyl sites for hydroxylation is 2. The maximum absolute atomic E-state index is 13.1. The Hall–Kier alpha value is -2.60. The van der Waals surface area contributed by atoms with Crippen LogP contribution in [0.5, 0.6) is 0 Å². The van der Waals surface area contributed by atoms with Crippen molar-refractivity contribution in [2.75, 3.05) is 13.1 Å². The topological polar surface area (TPSA) is 63.2 Å². The van der Waals surface area contributed by atoms with Crippen LogP contribution in [0.15, 0.2) is 18.2 Å². The van der Waals surface area contributed by atoms with Crippen LogP contribution in [0.2, 0.25) is 0 Å². The lowest BCUT2D eigenvalue weighted by atomic mass is 9.87. The van der Waals surface area contributed by atoms with E-state index in [1.54, 1.807) is 0 Å². The number of nitrogens with zero attached hydrogens (tertiary/aromatic N) is 3. The number of Topliss-reactive ketones (excluding diaryl/α,β-unsaturated/α-hetero) is 1. The molecule has 3 aliphatic rings. The van der Waals surface area contributed by atoms with E-state index in [4.69, 9.17) is 4.98 Å². The van der Waals surface area contributed by atoms with E-state index in [0.717, 1.165) is 46.2 Å². The van der Waals surface area contributed by atoms with Crippen molar-refractivity contribution in [3.8, 4) is 0 Å². The van der Waals surface area contributed by atoms with E-state index in [1.807, 2.05) is 18.7 Å². The summed E-state index contributed by atoms with van der Waals surface area (Å²) in [6.07, 6.45) is 9.80. The fourth-order valence-corrected chi connectivity index (χ4v) is 5.57. The molecular formula is C25H27N3O2S. The average Bonchev–Trinajstić information content (AvgIpc) is 3.39. The molecular weight excluding hydrogens is 406 g/mol. The smallest absolute Gasteiger partial charge is 0.266 e. The lowest BCUT2D eigenvalue weighted by Gasteiger charge is -2.32. The number of thiazole rings is 1. The molecule has 1 aliphatic heterocycles. The van der Waals surface area contributed by atoms with Crippen molar-refractivity contribution >= 4 is 34.7 Å². The Labute approximate surface area is 186 Å². The molecule has 31 heavy (non-hydrogen) atoms. The molecule has 0 radical (unpaired) electrons. The van der Waals surface area contributed by atoms with Crippen molar-refractivity contribution in [2.24, 2.45) is 11.8 Å². The van der Waals surface area contributed by atoms with E-state index in [9.17, 15) is 9.59 Å². The summed E-state index contributed by atoms with van der Waals surface area (Å²) in [5.41, 5.74) is 6.38. The van der Waals surface area contributed by atoms with Gasteiger partial charge in [0.15, 0.2) is 0 Å². The summed E-state index contributed by atoms with van der Waals surface area (Å²) >= 11 is 1.47. The minimum atomic E-state index is 0.0702. The van der Waals surface area contributed by atoms with Crippen LogP contribution in [0, 0.1) is 25.7 Å². The van der Waals surface area contributed by atoms with Crippen molar-refractivity contribution in [2.45, 2.75) is 46.5 Å². The van der Waals surface area contributed by atoms with Crippen molar-refractivity contribution in [3.05, 3.63) is 56.3 Å². The fourth-order valence-electron chi connectivity index (χ4n) is 4.68. The Balaban J connectivity index is 1.43. The Morgan fingerprint density at radius 2 is 2.03 bits per heavy atom. The van der Waals surface area contributed by atoms with Gasteiger partial charge in [-0.3, -0.25) is 14.6 Å². The highest BCUT2D eigenvalue weighted by atomic mass is 32.1. The minimum Gasteiger partial charge on any atom is -0.334 e. The third-order valence-corrected chi connectivity index (χ3v) is 7.49. The number of rotatable bonds is 5. The van der Waals surface area contributed by atoms with Gasteiger partial charge in [0.1, 0.15) is 10.7 Å². The summed E-state index contributed by atoms with van der Waals surface area (Å²) < 4.78 is 0. The second-order valence-electron chi connectivity index (χ2n) is 8.96. The molecule has 2 aromatic heterocycles. The highest BCUT2D eigenvalue weighted by Gasteiger charge is 2.31. The van der Waals surface area contributed by atoms with Crippen LogP contribution in [0.25, 0.3) is 11.6 Å². The molecule has 3 heterocycles. The number of allylic oxidation sites excluding steroid dienone is 1. The number of hydrogen-bond donors (Lipinski definition) is 0. The molecule has 0 bridgehead atoms. The van der Waals surface area contributed by atoms with Crippen molar-refractivity contribution in [1.82, 2.24) is 14.9 Å². The summed E-state index contributed by atoms with van der Waals surface area (Å²) in [5.74, 6) is 0.852. The van der Waals surface area contributed by atoms with Gasteiger partial charge < -0.3 is 4.90 Å². The first-order valence-electron chi connectivity index (χ1n) is 11.1. The molecule has 6 heteroatoms. The molecule has 0 aromatic carbocycles. The second kappa shape index (κ2) is 7.83. The van der Waals surface area contributed by atoms with Gasteiger partial charge in [-0.25, -0.2) is 4.98 Å². The van der Waals surface area contributed by atoms with Crippen LogP contribution < -0.4 is 0 Å². The van der Waals surface area contributed by atoms with E-state index in [0.29, 0.717) is 25.3 Å². The average molecular weight is 434 g/mol. The molecule has 1 amide bonds. The van der Waals surface area contributed by atoms with Gasteiger partial charge in [-0.2, -0.15) is 0 Å². The molecule has 160 valence electrons. The minimum absolute atomic E-state index is 0.0702. The summed E-state index contributed by atoms with van der Waals surface area (Å²) in [6, 6.07) is 2.12. The molecule has 1 atom stereocenters. The van der Waals surface area contributed by atoms with Crippen LogP contribution in [0.4, 0.5) is 0 Å². The van der Waals surface area contributed by atoms with Gasteiger partial charge in [0.2, 0.25) is 0 Å². The van der Waals surface area contributed by atoms with Gasteiger partial charge >= 0.3 is 0 Å². The van der Waals surface area contributed by atoms with E-state index >= 15 is 0 Å². The number of aromatic nitrogens is 2. The van der Waals surface area contributed by atoms with Crippen LogP contribution in [0.3, 0.4) is 0 Å². The van der Waals surface area contributed by atoms with E-state index in [2.05, 4.69) is 36.2 Å². The highest BCUT2D eigenvalue weighted by molar-refractivity contribution is 7.13. The number of amides is 1. The van der Waals surface area contributed by atoms with Crippen LogP contribution in [0.1, 0.15) is 62.7 Å². The van der Waals surface area contributed by atoms with Gasteiger partial charge in [-0.1, -0.05) is 25.2 Å². The van der Waals surface area contributed by atoms with E-state index in [-0.39, 0.29) is 17.7 Å². The number of pyridine rings is 1. The lowest BCUT2D eigenvalue weighted by molar-refractivity contribution is -0.119. The summed E-state index contributed by atoms with van der Waals surface area (Å²) in [4.78, 5) is 37.3. The van der Waals surface area contributed by atoms with Crippen molar-refractivity contribution in [1.29, 1.82) is 0 Å². The zero-order valence-electron chi connectivity index (χ0n) is 18.3. The zero-order chi connectivity index (χ0) is 21.7. The number of ketones is 1. The number of fused-ring (bicyclic) bond motifs is 1. The summed E-state index contributed by atoms with van der Waals surface area (Å²) in [5, 5.41) is 0.926. The molecule has 0 saturated heterocycles. The van der Waals surface area contributed by atoms with Gasteiger partial charge in [0.25, 0.3) is 5.91 Å². The largest absolute Gasteiger partial charge is 0.334 e. The Bertz CT molecular complexity index is 1140. The quantitative estimate of drug-likeness (QED) is 0.700. The molecule has 2 aliphatic carbocycles. The predicted octanol–water partition coefficient (Wildman–Crippen LogP) is 4.42. The van der Waals surface area contributed by atoms with Crippen molar-refractivity contribution in [3.63, 3.8) is 0 Å². The van der Waals surface area contributed by atoms with Gasteiger partial charge in [-0.05, 0) is 49.8 Å². The number of carbonyl (C=O) groups is 2. The first-order valence-corrected chi connectivity index (χ1v) is 11.9. The van der Waals surface area contributed by atoms with E-state index in [1.165, 1.54) is 28.0 Å². The second-order valence-corrected chi connectivity index (χ2v) is 10.2. The zero-order valence-corrected chi connectivity index (χ0v) is 19.1. The molecule has 5 rings (SSSR count). The van der Waals surface area contributed by atoms with Gasteiger partial charge in [0, 0.05) is 43.1 Å². The lowest BCUT2D eigenvalue weighted by Crippen LogP contribution is -2.38. The van der Waals surface area contributed by atoms with Crippen LogP contribution in [-0.4, -0.2) is 39.6 Å². The van der Waals surface area contributed by atoms with Crippen LogP contribution >= 0.6 is 11.3 Å². The molecule has 2 aromatic rings. The SMILES string of the molecule is Cc1nc(C)c(C(=O)N2CC=C(c3cc(CC(=O)C4CC4)nc4c3C=CC4)C(C)C2)s1. The van der Waals surface area contributed by atoms with E-state index < -0.39 is 0 Å². The molecule has 1 saturated carbocycles. The standard InChI is InChI=1S/C25H27N3O2S/c1-14-13-28(25(30)24-15(2)26-16(3)31-24)10-9-19(14)21-11-18(12-23(29)17-7-8-17)27-22-6-4-5-20(21)22/h4-5,9,11,14,17H,6-8,10,12-13H2,1-3H3. The summed E-state index contributed by atoms with van der Waals surface area (Å²) in [7, 11) is 0. The summed E-state index contributed by atoms with van der Waals surface area (Å²) in [6.45, 7) is 7.29. The Morgan fingerprint density at radius 3 is 2.71 bits per heavy atom. The highest BCUT2D eigenvalue weighted by Crippen LogP contribution is 2.36. The van der Waals surface area contributed by atoms with Gasteiger partial charge in [0.05, 0.1) is 16.4 Å². The number of carbonyl (C=O) groups excluding carboxylic acids is 2. The maximum atomic E-state index is 13.1. The monoisotopic (exact) mass is 433 g/mol. The predicted molar refractivity (Wildman–Crippen MR) is 123 cm³/mol. The molecule has 1 unspecified atom stereocenters.